The van der Waals surface area contributed by atoms with Crippen molar-refractivity contribution in [1.29, 1.82) is 0 Å². The van der Waals surface area contributed by atoms with E-state index in [-0.39, 0.29) is 31.6 Å². The first-order valence-electron chi connectivity index (χ1n) is 22.7. The van der Waals surface area contributed by atoms with Gasteiger partial charge in [0.05, 0.1) is 25.2 Å². The van der Waals surface area contributed by atoms with Crippen molar-refractivity contribution in [2.75, 3.05) is 53.0 Å². The van der Waals surface area contributed by atoms with Crippen LogP contribution in [0, 0.1) is 29.6 Å². The minimum Gasteiger partial charge on any atom is -0.379 e. The quantitative estimate of drug-likeness (QED) is 0.0943. The van der Waals surface area contributed by atoms with Crippen LogP contribution < -0.4 is 38.1 Å². The van der Waals surface area contributed by atoms with Gasteiger partial charge in [-0.15, -0.1) is 0 Å². The van der Waals surface area contributed by atoms with Crippen molar-refractivity contribution in [3.05, 3.63) is 0 Å². The van der Waals surface area contributed by atoms with Gasteiger partial charge in [-0.3, -0.25) is 24.0 Å². The van der Waals surface area contributed by atoms with Crippen LogP contribution >= 0.6 is 0 Å². The summed E-state index contributed by atoms with van der Waals surface area (Å²) in [5.74, 6) is -1.02. The van der Waals surface area contributed by atoms with Crippen molar-refractivity contribution in [2.45, 2.75) is 160 Å². The summed E-state index contributed by atoms with van der Waals surface area (Å²) in [5.41, 5.74) is 11.7. The van der Waals surface area contributed by atoms with Gasteiger partial charge in [-0.25, -0.2) is 0 Å². The molecule has 2 bridgehead atoms. The number of nitrogens with two attached hydrogens (primary N) is 2. The van der Waals surface area contributed by atoms with E-state index in [0.29, 0.717) is 38.3 Å². The Morgan fingerprint density at radius 3 is 2.10 bits per heavy atom. The van der Waals surface area contributed by atoms with E-state index in [1.165, 1.54) is 19.3 Å². The summed E-state index contributed by atoms with van der Waals surface area (Å²) in [7, 11) is 1.68. The maximum atomic E-state index is 14.4. The van der Waals surface area contributed by atoms with E-state index in [1.807, 2.05) is 20.8 Å². The molecule has 0 spiro atoms. The van der Waals surface area contributed by atoms with Gasteiger partial charge < -0.3 is 52.4 Å². The number of fused-ring (bicyclic) bond motifs is 2. The molecule has 3 aliphatic carbocycles. The predicted octanol–water partition coefficient (Wildman–Crippen LogP) is 2.10. The number of carbonyl (C=O) groups is 5. The largest absolute Gasteiger partial charge is 0.379 e. The molecule has 3 saturated carbocycles. The lowest BCUT2D eigenvalue weighted by atomic mass is 9.77. The molecule has 1 unspecified atom stereocenters. The van der Waals surface area contributed by atoms with Crippen LogP contribution in [0.15, 0.2) is 0 Å². The first-order valence-corrected chi connectivity index (χ1v) is 22.7. The molecule has 10 atom stereocenters. The van der Waals surface area contributed by atoms with Gasteiger partial charge in [-0.1, -0.05) is 58.8 Å². The van der Waals surface area contributed by atoms with E-state index in [0.717, 1.165) is 89.1 Å². The highest BCUT2D eigenvalue weighted by molar-refractivity contribution is 5.96. The lowest BCUT2D eigenvalue weighted by Gasteiger charge is -2.36. The van der Waals surface area contributed by atoms with Crippen LogP contribution in [0.5, 0.6) is 0 Å². The molecule has 0 aromatic carbocycles. The monoisotopic (exact) mass is 819 g/mol. The topological polar surface area (TPSA) is 219 Å². The third-order valence-electron chi connectivity index (χ3n) is 13.1. The third kappa shape index (κ3) is 14.7. The van der Waals surface area contributed by atoms with Crippen LogP contribution in [0.25, 0.3) is 0 Å². The molecule has 1 saturated heterocycles. The molecule has 332 valence electrons. The highest BCUT2D eigenvalue weighted by atomic mass is 16.5. The first kappa shape index (κ1) is 47.8. The van der Waals surface area contributed by atoms with Gasteiger partial charge in [-0.2, -0.15) is 0 Å². The number of nitrogens with zero attached hydrogens (tertiary/aromatic N) is 1. The fourth-order valence-electron chi connectivity index (χ4n) is 9.74. The van der Waals surface area contributed by atoms with Crippen LogP contribution in [-0.4, -0.2) is 124 Å². The van der Waals surface area contributed by atoms with Gasteiger partial charge in [-0.05, 0) is 108 Å². The Hall–Kier alpha value is -2.85. The smallest absolute Gasteiger partial charge is 0.245 e. The van der Waals surface area contributed by atoms with Gasteiger partial charge in [0.1, 0.15) is 24.2 Å². The number of hydrogen-bond acceptors (Lipinski definition) is 10. The van der Waals surface area contributed by atoms with Crippen LogP contribution in [-0.2, 0) is 33.4 Å². The average Bonchev–Trinajstić information content (AvgIpc) is 3.36. The molecule has 1 heterocycles. The number of hydrogen-bond donors (Lipinski definition) is 7. The number of carbonyl (C=O) groups excluding carboxylic acids is 5. The fraction of sp³-hybridized carbons (Fsp3) is 0.884. The second-order valence-corrected chi connectivity index (χ2v) is 17.9. The van der Waals surface area contributed by atoms with Crippen LogP contribution in [0.1, 0.15) is 124 Å². The van der Waals surface area contributed by atoms with Crippen molar-refractivity contribution in [3.8, 4) is 0 Å². The van der Waals surface area contributed by atoms with Crippen molar-refractivity contribution in [2.24, 2.45) is 41.1 Å². The molecular formula is C43H78N8O7. The zero-order valence-corrected chi connectivity index (χ0v) is 36.1. The zero-order chi connectivity index (χ0) is 42.0. The maximum absolute atomic E-state index is 14.4. The summed E-state index contributed by atoms with van der Waals surface area (Å²) in [6.45, 7) is 8.02. The molecule has 9 N–H and O–H groups in total. The zero-order valence-electron chi connectivity index (χ0n) is 36.1. The average molecular weight is 819 g/mol. The molecule has 4 rings (SSSR count). The number of amides is 5. The molecule has 15 nitrogen and oxygen atoms in total. The molecule has 5 amide bonds. The molecule has 0 radical (unpaired) electrons. The fourth-order valence-corrected chi connectivity index (χ4v) is 9.74. The molecule has 4 aliphatic rings. The van der Waals surface area contributed by atoms with Crippen molar-refractivity contribution in [3.63, 3.8) is 0 Å². The molecule has 15 heteroatoms. The van der Waals surface area contributed by atoms with Gasteiger partial charge in [0.15, 0.2) is 0 Å². The predicted molar refractivity (Wildman–Crippen MR) is 224 cm³/mol. The van der Waals surface area contributed by atoms with E-state index >= 15 is 0 Å². The molecule has 58 heavy (non-hydrogen) atoms. The normalized spacial score (nSPS) is 32.9. The van der Waals surface area contributed by atoms with Crippen LogP contribution in [0.4, 0.5) is 0 Å². The minimum atomic E-state index is -1.17. The van der Waals surface area contributed by atoms with Gasteiger partial charge >= 0.3 is 0 Å². The minimum absolute atomic E-state index is 0.0940. The standard InChI is InChI=1S/C43H78N8O7/c1-5-12-36-41(54)50-38(33-13-8-6-7-9-14-33)42(55)48-34(25-45)39(52)49-35(27-57-20-11-19-46-18-10-17-44)40(53)47-28(2)26-58-37(29(3)43(56)51(36)4)24-32-22-30-15-16-31(21-30)23-32/h28-38,46H,5-27,44-45H2,1-4H3,(H,47,53)(H,48,55)(H,49,52)(H,50,54)/t28-,29-,30-,31+,32?,34+,35+,36+,37-,38+/m1/s1. The Bertz CT molecular complexity index is 1290. The summed E-state index contributed by atoms with van der Waals surface area (Å²) in [5, 5.41) is 15.0. The van der Waals surface area contributed by atoms with Gasteiger partial charge in [0.25, 0.3) is 0 Å². The summed E-state index contributed by atoms with van der Waals surface area (Å²) >= 11 is 0. The number of nitrogens with one attached hydrogen (secondary N) is 5. The SMILES string of the molecule is CCC[C@H]1C(=O)N[C@@H](C2CCCCCC2)C(=O)N[C@@H](CN)C(=O)N[C@@H](COCCCNCCCN)C(=O)N[C@H](C)CO[C@H](CC2C[C@H]3CC[C@@H](C2)C3)[C@@H](C)C(=O)N1C. The lowest BCUT2D eigenvalue weighted by molar-refractivity contribution is -0.147. The Balaban J connectivity index is 1.62. The van der Waals surface area contributed by atoms with Crippen LogP contribution in [0.3, 0.4) is 0 Å². The summed E-state index contributed by atoms with van der Waals surface area (Å²) < 4.78 is 12.5. The number of rotatable bonds is 15. The summed E-state index contributed by atoms with van der Waals surface area (Å²) in [6.07, 6.45) is 14.4. The maximum Gasteiger partial charge on any atom is 0.245 e. The second-order valence-electron chi connectivity index (χ2n) is 17.9. The summed E-state index contributed by atoms with van der Waals surface area (Å²) in [6, 6.07) is -4.45. The number of ether oxygens (including phenoxy) is 2. The lowest BCUT2D eigenvalue weighted by Crippen LogP contribution is -2.62. The van der Waals surface area contributed by atoms with Crippen molar-refractivity contribution >= 4 is 29.5 Å². The van der Waals surface area contributed by atoms with Crippen molar-refractivity contribution < 1.29 is 33.4 Å². The third-order valence-corrected chi connectivity index (χ3v) is 13.1. The van der Waals surface area contributed by atoms with E-state index in [1.54, 1.807) is 11.9 Å². The Morgan fingerprint density at radius 2 is 1.45 bits per heavy atom. The van der Waals surface area contributed by atoms with Gasteiger partial charge in [0.2, 0.25) is 29.5 Å². The number of likely N-dealkylation sites (N-methyl/N-ethyl adjacent to an activating group) is 1. The van der Waals surface area contributed by atoms with E-state index < -0.39 is 65.9 Å². The molecule has 1 aliphatic heterocycles. The Morgan fingerprint density at radius 1 is 0.793 bits per heavy atom. The highest BCUT2D eigenvalue weighted by Crippen LogP contribution is 2.46. The Labute approximate surface area is 347 Å². The van der Waals surface area contributed by atoms with E-state index in [2.05, 4.69) is 26.6 Å². The summed E-state index contributed by atoms with van der Waals surface area (Å²) in [4.78, 5) is 72.2. The molecule has 0 aromatic heterocycles. The molecule has 4 fully saturated rings. The van der Waals surface area contributed by atoms with Gasteiger partial charge in [0, 0.05) is 26.2 Å². The van der Waals surface area contributed by atoms with Crippen molar-refractivity contribution in [1.82, 2.24) is 31.5 Å². The molecule has 0 aromatic rings. The van der Waals surface area contributed by atoms with Crippen LogP contribution in [0.2, 0.25) is 0 Å². The second kappa shape index (κ2) is 25.0. The van der Waals surface area contributed by atoms with E-state index in [9.17, 15) is 24.0 Å². The molecular weight excluding hydrogens is 741 g/mol. The highest BCUT2D eigenvalue weighted by Gasteiger charge is 2.41. The first-order chi connectivity index (χ1) is 27.9. The Kier molecular flexibility index (Phi) is 20.7. The van der Waals surface area contributed by atoms with E-state index in [4.69, 9.17) is 20.9 Å².